The predicted molar refractivity (Wildman–Crippen MR) is 480 cm³/mol. The lowest BCUT2D eigenvalue weighted by atomic mass is 9.96. The summed E-state index contributed by atoms with van der Waals surface area (Å²) >= 11 is 0. The van der Waals surface area contributed by atoms with Crippen molar-refractivity contribution in [2.45, 2.75) is 511 Å². The van der Waals surface area contributed by atoms with Crippen LogP contribution in [0.5, 0.6) is 0 Å². The van der Waals surface area contributed by atoms with Crippen molar-refractivity contribution in [2.75, 3.05) is 45.9 Å². The zero-order valence-electron chi connectivity index (χ0n) is 81.3. The number of ether oxygens (including phenoxy) is 1. The van der Waals surface area contributed by atoms with Crippen LogP contribution in [0, 0.1) is 76.4 Å². The van der Waals surface area contributed by atoms with Crippen LogP contribution in [0.1, 0.15) is 366 Å². The summed E-state index contributed by atoms with van der Waals surface area (Å²) in [6, 6.07) is 14.9. The fourth-order valence-electron chi connectivity index (χ4n) is 22.4. The molecule has 17 atom stereocenters. The van der Waals surface area contributed by atoms with Crippen molar-refractivity contribution in [1.29, 1.82) is 0 Å². The predicted octanol–water partition coefficient (Wildman–Crippen LogP) is 23.9. The van der Waals surface area contributed by atoms with Gasteiger partial charge in [0.1, 0.15) is 6.17 Å². The average molecular weight is 1570 g/mol. The lowest BCUT2D eigenvalue weighted by Gasteiger charge is -2.34. The SMILES string of the molecule is CC(C)[C@@H]1CC(F)(F)CN1C(C)C.CC(C)[C@@H]1CC(F)CN1C(C)C.CC(C)[C@@H]1CC2(CC2)CN1C(C)C.CC(C)[C@@H]1CC2C[C@@H]2N1C(C)C.CC(C)[C@@H]1CCCN1C(C)C.CC(C)[C@@H]1CC[C@H](C)N1C(C)C.CC(C)[C@@H]1C[C@H](C)CN1C(C)C.CC(C)[C@@H]1C[C@H]2C[C@H]2N1C(C)C.CCO[C@H]1C[C@@H](C(C)C)N(C(C)C)C1. The van der Waals surface area contributed by atoms with Crippen molar-refractivity contribution in [3.63, 3.8) is 0 Å². The van der Waals surface area contributed by atoms with Gasteiger partial charge in [-0.05, 0) is 311 Å². The van der Waals surface area contributed by atoms with Gasteiger partial charge in [0.15, 0.2) is 0 Å². The van der Waals surface area contributed by atoms with Crippen molar-refractivity contribution >= 4 is 0 Å². The van der Waals surface area contributed by atoms with Crippen molar-refractivity contribution in [1.82, 2.24) is 44.1 Å². The zero-order chi connectivity index (χ0) is 84.7. The van der Waals surface area contributed by atoms with Crippen molar-refractivity contribution in [3.05, 3.63) is 0 Å². The van der Waals surface area contributed by atoms with Gasteiger partial charge in [-0.25, -0.2) is 13.2 Å². The van der Waals surface area contributed by atoms with Gasteiger partial charge in [-0.2, -0.15) is 0 Å². The van der Waals surface area contributed by atoms with Crippen LogP contribution < -0.4 is 0 Å². The molecule has 12 aliphatic rings. The molecule has 0 bridgehead atoms. The number of fused-ring (bicyclic) bond motifs is 2. The minimum atomic E-state index is -2.47. The third-order valence-electron chi connectivity index (χ3n) is 28.8. The number of hydrogen-bond donors (Lipinski definition) is 0. The fourth-order valence-corrected chi connectivity index (χ4v) is 22.4. The van der Waals surface area contributed by atoms with Gasteiger partial charge >= 0.3 is 0 Å². The molecule has 12 fully saturated rings. The van der Waals surface area contributed by atoms with Gasteiger partial charge in [-0.1, -0.05) is 132 Å². The van der Waals surface area contributed by atoms with Crippen LogP contribution in [0.25, 0.3) is 0 Å². The van der Waals surface area contributed by atoms with E-state index in [0.717, 1.165) is 175 Å². The molecule has 660 valence electrons. The number of rotatable bonds is 20. The minimum Gasteiger partial charge on any atom is -0.377 e. The molecule has 9 saturated heterocycles. The molecule has 0 N–H and O–H groups in total. The van der Waals surface area contributed by atoms with E-state index >= 15 is 0 Å². The summed E-state index contributed by atoms with van der Waals surface area (Å²) in [5.41, 5.74) is 0.777. The number of piperidine rings is 2. The van der Waals surface area contributed by atoms with Crippen molar-refractivity contribution in [2.24, 2.45) is 76.4 Å². The Morgan fingerprint density at radius 3 is 1.01 bits per heavy atom. The first-order valence-electron chi connectivity index (χ1n) is 47.9. The van der Waals surface area contributed by atoms with E-state index in [1.54, 1.807) is 0 Å². The number of halogens is 3. The first-order valence-corrected chi connectivity index (χ1v) is 47.9. The van der Waals surface area contributed by atoms with Gasteiger partial charge in [0.05, 0.1) is 12.6 Å². The van der Waals surface area contributed by atoms with Gasteiger partial charge < -0.3 is 4.74 Å². The minimum absolute atomic E-state index is 0.0306. The second kappa shape index (κ2) is 46.4. The van der Waals surface area contributed by atoms with E-state index < -0.39 is 12.1 Å². The Morgan fingerprint density at radius 1 is 0.333 bits per heavy atom. The maximum Gasteiger partial charge on any atom is 0.262 e. The summed E-state index contributed by atoms with van der Waals surface area (Å²) in [7, 11) is 0. The smallest absolute Gasteiger partial charge is 0.262 e. The highest BCUT2D eigenvalue weighted by atomic mass is 19.3. The van der Waals surface area contributed by atoms with Gasteiger partial charge in [0.25, 0.3) is 5.92 Å². The largest absolute Gasteiger partial charge is 0.377 e. The van der Waals surface area contributed by atoms with E-state index in [1.807, 2.05) is 32.6 Å². The molecule has 3 aliphatic carbocycles. The summed E-state index contributed by atoms with van der Waals surface area (Å²) < 4.78 is 45.1. The molecular formula is C98H196F3N9O. The molecule has 0 radical (unpaired) electrons. The molecule has 0 aromatic rings. The molecule has 0 amide bonds. The average Bonchev–Trinajstić information content (AvgIpc) is 1.60. The Morgan fingerprint density at radius 2 is 0.703 bits per heavy atom. The lowest BCUT2D eigenvalue weighted by molar-refractivity contribution is 0.00914. The number of alkyl halides is 3. The van der Waals surface area contributed by atoms with Crippen molar-refractivity contribution < 1.29 is 17.9 Å². The molecule has 9 aliphatic heterocycles. The lowest BCUT2D eigenvalue weighted by Crippen LogP contribution is -2.42. The summed E-state index contributed by atoms with van der Waals surface area (Å²) in [5, 5.41) is 0. The highest BCUT2D eigenvalue weighted by molar-refractivity contribution is 5.09. The highest BCUT2D eigenvalue weighted by Crippen LogP contribution is 2.56. The Kier molecular flexibility index (Phi) is 43.0. The molecule has 12 rings (SSSR count). The molecule has 0 aromatic carbocycles. The first-order chi connectivity index (χ1) is 51.4. The zero-order valence-corrected chi connectivity index (χ0v) is 81.3. The van der Waals surface area contributed by atoms with Gasteiger partial charge in [-0.3, -0.25) is 44.1 Å². The van der Waals surface area contributed by atoms with Crippen LogP contribution in [-0.2, 0) is 4.74 Å². The molecule has 3 saturated carbocycles. The number of likely N-dealkylation sites (tertiary alicyclic amines) is 9. The molecular weight excluding hydrogens is 1380 g/mol. The summed E-state index contributed by atoms with van der Waals surface area (Å²) in [6.45, 7) is 95.4. The molecule has 2 unspecified atom stereocenters. The molecule has 0 aromatic heterocycles. The molecule has 1 spiro atoms. The van der Waals surface area contributed by atoms with E-state index in [-0.39, 0.29) is 25.0 Å². The van der Waals surface area contributed by atoms with Crippen molar-refractivity contribution in [3.8, 4) is 0 Å². The first kappa shape index (κ1) is 103. The second-order valence-corrected chi connectivity index (χ2v) is 44.1. The summed E-state index contributed by atoms with van der Waals surface area (Å²) in [5.74, 6) is 7.20. The second-order valence-electron chi connectivity index (χ2n) is 44.1. The number of hydrogen-bond acceptors (Lipinski definition) is 10. The Balaban J connectivity index is 0.000000264. The molecule has 13 heteroatoms. The van der Waals surface area contributed by atoms with E-state index in [4.69, 9.17) is 4.74 Å². The quantitative estimate of drug-likeness (QED) is 0.118. The van der Waals surface area contributed by atoms with Crippen LogP contribution in [0.2, 0.25) is 0 Å². The van der Waals surface area contributed by atoms with Crippen LogP contribution in [0.4, 0.5) is 13.2 Å². The van der Waals surface area contributed by atoms with Crippen LogP contribution >= 0.6 is 0 Å². The van der Waals surface area contributed by atoms with E-state index in [0.29, 0.717) is 48.7 Å². The number of nitrogens with zero attached hydrogens (tertiary/aromatic N) is 9. The van der Waals surface area contributed by atoms with Crippen LogP contribution in [-0.4, -0.2) is 235 Å². The monoisotopic (exact) mass is 1570 g/mol. The third kappa shape index (κ3) is 30.8. The third-order valence-corrected chi connectivity index (χ3v) is 28.8. The van der Waals surface area contributed by atoms with Gasteiger partial charge in [-0.15, -0.1) is 0 Å². The molecule has 10 nitrogen and oxygen atoms in total. The van der Waals surface area contributed by atoms with E-state index in [9.17, 15) is 13.2 Å². The maximum absolute atomic E-state index is 13.1. The topological polar surface area (TPSA) is 38.4 Å². The summed E-state index contributed by atoms with van der Waals surface area (Å²) in [6.07, 6.45) is 19.2. The normalized spacial score (nSPS) is 32.9. The fraction of sp³-hybridized carbons (Fsp3) is 1.00. The highest BCUT2D eigenvalue weighted by Gasteiger charge is 2.55. The van der Waals surface area contributed by atoms with Gasteiger partial charge in [0, 0.05) is 166 Å². The standard InChI is InChI=1S/C12H25NO.C12H23N.2C11H21N.2C11H23N.C10H19F2N.C10H20FN.C10H21N/c1-6-14-11-7-12(9(2)3)13(8-11)10(4)5;1-9(2)11-7-12(5-6-12)8-13(11)10(3)4;2*1-7(2)10-5-9-6-11(9)12(10)8(3)4;1-8(2)11-6-10(5)7-12(11)9(3)4;1-8(2)11-7-6-10(5)12(11)9(3)4;1-7(2)9-5-10(11,12)6-13(9)8(3)4;1-7(2)10-5-9(11)6-12(10)8(3)4;1-8(2)10-6-5-7-11(10)9(3)4/h9-12H,6-8H2,1-5H3;9-11H,5-8H2,1-4H3;2*7-11H,5-6H2,1-4H3;2*8-11H,6-7H2,1-5H3;7-9H,5-6H2,1-4H3;7-10H,5-6H2,1-4H3;8-10H,5-7H2,1-4H3/t11-,12-;11-;9?,10-,11-;9-,10-,11+;2*10-,11-;9-;9?,10-;10-/m000000000/s1. The Bertz CT molecular complexity index is 2230. The maximum atomic E-state index is 13.1. The Labute approximate surface area is 692 Å². The van der Waals surface area contributed by atoms with Crippen LogP contribution in [0.3, 0.4) is 0 Å². The molecule has 9 heterocycles. The van der Waals surface area contributed by atoms with E-state index in [1.165, 1.54) is 103 Å². The summed E-state index contributed by atoms with van der Waals surface area (Å²) in [4.78, 5) is 23.0. The van der Waals surface area contributed by atoms with Crippen LogP contribution in [0.15, 0.2) is 0 Å². The Hall–Kier alpha value is -0.610. The van der Waals surface area contributed by atoms with Gasteiger partial charge in [0.2, 0.25) is 0 Å². The van der Waals surface area contributed by atoms with E-state index in [2.05, 4.69) is 282 Å². The molecule has 111 heavy (non-hydrogen) atoms.